The third kappa shape index (κ3) is 5.80. The van der Waals surface area contributed by atoms with Crippen molar-refractivity contribution in [1.82, 2.24) is 4.90 Å². The van der Waals surface area contributed by atoms with Gasteiger partial charge < -0.3 is 9.47 Å². The fraction of sp³-hybridized carbons (Fsp3) is 0.200. The maximum absolute atomic E-state index is 12.3. The lowest BCUT2D eigenvalue weighted by Gasteiger charge is -2.13. The average Bonchev–Trinajstić information content (AvgIpc) is 2.91. The largest absolute Gasteiger partial charge is 0.493 e. The topological polar surface area (TPSA) is 38.8 Å². The number of benzene rings is 2. The molecule has 2 aromatic rings. The highest BCUT2D eigenvalue weighted by Crippen LogP contribution is 2.37. The highest BCUT2D eigenvalue weighted by atomic mass is 35.5. The van der Waals surface area contributed by atoms with Crippen LogP contribution in [-0.2, 0) is 4.79 Å². The van der Waals surface area contributed by atoms with E-state index in [2.05, 4.69) is 0 Å². The predicted molar refractivity (Wildman–Crippen MR) is 124 cm³/mol. The van der Waals surface area contributed by atoms with E-state index in [4.69, 9.17) is 56.5 Å². The summed E-state index contributed by atoms with van der Waals surface area (Å²) in [5.41, 5.74) is 0.620. The molecule has 3 rings (SSSR count). The van der Waals surface area contributed by atoms with Crippen LogP contribution < -0.4 is 9.47 Å². The molecule has 0 radical (unpaired) electrons. The number of nitrogens with zero attached hydrogens (tertiary/aromatic N) is 1. The van der Waals surface area contributed by atoms with Gasteiger partial charge in [-0.1, -0.05) is 58.8 Å². The van der Waals surface area contributed by atoms with Crippen molar-refractivity contribution in [2.75, 3.05) is 20.3 Å². The van der Waals surface area contributed by atoms with E-state index >= 15 is 0 Å². The van der Waals surface area contributed by atoms with Crippen LogP contribution in [-0.4, -0.2) is 35.4 Å². The fourth-order valence-corrected chi connectivity index (χ4v) is 4.34. The van der Waals surface area contributed by atoms with Crippen molar-refractivity contribution in [1.29, 1.82) is 0 Å². The van der Waals surface area contributed by atoms with E-state index in [1.54, 1.807) is 49.5 Å². The van der Waals surface area contributed by atoms with Crippen LogP contribution in [0.1, 0.15) is 12.0 Å². The van der Waals surface area contributed by atoms with E-state index in [1.165, 1.54) is 16.7 Å². The maximum Gasteiger partial charge on any atom is 0.265 e. The summed E-state index contributed by atoms with van der Waals surface area (Å²) in [5, 5.41) is 1.48. The van der Waals surface area contributed by atoms with Crippen molar-refractivity contribution in [3.8, 4) is 11.5 Å². The number of ether oxygens (including phenoxy) is 2. The first-order chi connectivity index (χ1) is 13.8. The van der Waals surface area contributed by atoms with Gasteiger partial charge in [-0.15, -0.1) is 0 Å². The molecule has 4 nitrogen and oxygen atoms in total. The minimum atomic E-state index is -0.168. The molecule has 152 valence electrons. The second-order valence-electron chi connectivity index (χ2n) is 6.05. The highest BCUT2D eigenvalue weighted by molar-refractivity contribution is 8.26. The Kier molecular flexibility index (Phi) is 7.71. The zero-order valence-electron chi connectivity index (χ0n) is 15.3. The van der Waals surface area contributed by atoms with Crippen molar-refractivity contribution in [3.05, 3.63) is 61.9 Å². The van der Waals surface area contributed by atoms with Crippen LogP contribution in [0.4, 0.5) is 0 Å². The molecule has 0 saturated carbocycles. The van der Waals surface area contributed by atoms with E-state index in [0.29, 0.717) is 55.2 Å². The van der Waals surface area contributed by atoms with Gasteiger partial charge in [0.05, 0.1) is 23.1 Å². The lowest BCUT2D eigenvalue weighted by molar-refractivity contribution is -0.121. The van der Waals surface area contributed by atoms with E-state index in [0.717, 1.165) is 5.75 Å². The molecular formula is C20H16Cl3NO3S2. The van der Waals surface area contributed by atoms with Gasteiger partial charge in [-0.2, -0.15) is 0 Å². The average molecular weight is 489 g/mol. The number of hydrogen-bond acceptors (Lipinski definition) is 5. The highest BCUT2D eigenvalue weighted by Gasteiger charge is 2.29. The molecule has 1 fully saturated rings. The monoisotopic (exact) mass is 487 g/mol. The molecule has 29 heavy (non-hydrogen) atoms. The maximum atomic E-state index is 12.3. The normalized spacial score (nSPS) is 15.3. The van der Waals surface area contributed by atoms with Crippen LogP contribution in [0.3, 0.4) is 0 Å². The summed E-state index contributed by atoms with van der Waals surface area (Å²) in [6.45, 7) is 0.848. The van der Waals surface area contributed by atoms with Gasteiger partial charge in [0, 0.05) is 29.1 Å². The van der Waals surface area contributed by atoms with Gasteiger partial charge in [-0.05, 0) is 42.5 Å². The molecule has 1 aliphatic rings. The number of carbonyl (C=O) groups is 1. The summed E-state index contributed by atoms with van der Waals surface area (Å²) in [6, 6.07) is 10.5. The molecule has 0 aromatic heterocycles. The third-order valence-corrected chi connectivity index (χ3v) is 6.16. The van der Waals surface area contributed by atoms with Crippen LogP contribution in [0.2, 0.25) is 15.1 Å². The molecule has 0 spiro atoms. The third-order valence-electron chi connectivity index (χ3n) is 3.93. The smallest absolute Gasteiger partial charge is 0.265 e. The molecule has 1 saturated heterocycles. The van der Waals surface area contributed by atoms with Gasteiger partial charge >= 0.3 is 0 Å². The Morgan fingerprint density at radius 3 is 2.41 bits per heavy atom. The first-order valence-corrected chi connectivity index (χ1v) is 10.9. The minimum absolute atomic E-state index is 0.168. The Bertz CT molecular complexity index is 964. The first kappa shape index (κ1) is 22.2. The van der Waals surface area contributed by atoms with Crippen molar-refractivity contribution in [2.24, 2.45) is 0 Å². The second-order valence-corrected chi connectivity index (χ2v) is 9.01. The second kappa shape index (κ2) is 10.0. The van der Waals surface area contributed by atoms with Gasteiger partial charge in [0.1, 0.15) is 15.8 Å². The summed E-state index contributed by atoms with van der Waals surface area (Å²) in [5.74, 6) is 1.03. The fourth-order valence-electron chi connectivity index (χ4n) is 2.48. The number of rotatable bonds is 7. The Hall–Kier alpha value is -1.44. The molecule has 1 aliphatic heterocycles. The van der Waals surface area contributed by atoms with Crippen LogP contribution in [0.25, 0.3) is 6.08 Å². The number of amides is 1. The van der Waals surface area contributed by atoms with Crippen molar-refractivity contribution >= 4 is 75.1 Å². The summed E-state index contributed by atoms with van der Waals surface area (Å²) >= 11 is 24.7. The standard InChI is InChI=1S/C20H16Cl3NO3S2/c1-24-19(25)17(29-20(24)28)10-12-9-14(22)11-16(23)18(12)27-8-2-7-26-15-5-3-13(21)4-6-15/h3-6,9-11H,2,7-8H2,1H3/b17-10-. The number of carbonyl (C=O) groups excluding carboxylic acids is 1. The molecule has 0 atom stereocenters. The van der Waals surface area contributed by atoms with E-state index in [-0.39, 0.29) is 5.91 Å². The lowest BCUT2D eigenvalue weighted by atomic mass is 10.1. The number of likely N-dealkylation sites (N-methyl/N-ethyl adjacent to an activating group) is 1. The molecule has 2 aromatic carbocycles. The lowest BCUT2D eigenvalue weighted by Crippen LogP contribution is -2.22. The van der Waals surface area contributed by atoms with Gasteiger partial charge in [0.2, 0.25) is 0 Å². The van der Waals surface area contributed by atoms with Crippen LogP contribution in [0, 0.1) is 0 Å². The molecule has 0 unspecified atom stereocenters. The van der Waals surface area contributed by atoms with Crippen molar-refractivity contribution < 1.29 is 14.3 Å². The molecular weight excluding hydrogens is 473 g/mol. The van der Waals surface area contributed by atoms with Gasteiger partial charge in [0.25, 0.3) is 5.91 Å². The quantitative estimate of drug-likeness (QED) is 0.259. The molecule has 0 N–H and O–H groups in total. The van der Waals surface area contributed by atoms with Crippen LogP contribution >= 0.6 is 58.8 Å². The summed E-state index contributed by atoms with van der Waals surface area (Å²) in [7, 11) is 1.64. The van der Waals surface area contributed by atoms with Gasteiger partial charge in [0.15, 0.2) is 0 Å². The van der Waals surface area contributed by atoms with E-state index in [1.807, 2.05) is 0 Å². The van der Waals surface area contributed by atoms with Gasteiger partial charge in [-0.25, -0.2) is 0 Å². The molecule has 1 amide bonds. The van der Waals surface area contributed by atoms with E-state index < -0.39 is 0 Å². The molecule has 9 heteroatoms. The number of halogens is 3. The molecule has 1 heterocycles. The Morgan fingerprint density at radius 2 is 1.76 bits per heavy atom. The number of thiocarbonyl (C=S) groups is 1. The summed E-state index contributed by atoms with van der Waals surface area (Å²) in [4.78, 5) is 14.2. The van der Waals surface area contributed by atoms with Crippen LogP contribution in [0.5, 0.6) is 11.5 Å². The zero-order chi connectivity index (χ0) is 21.0. The first-order valence-electron chi connectivity index (χ1n) is 8.57. The zero-order valence-corrected chi connectivity index (χ0v) is 19.2. The Morgan fingerprint density at radius 1 is 1.07 bits per heavy atom. The van der Waals surface area contributed by atoms with Crippen molar-refractivity contribution in [3.63, 3.8) is 0 Å². The Labute approximate surface area is 193 Å². The summed E-state index contributed by atoms with van der Waals surface area (Å²) in [6.07, 6.45) is 2.33. The van der Waals surface area contributed by atoms with Crippen LogP contribution in [0.15, 0.2) is 41.3 Å². The predicted octanol–water partition coefficient (Wildman–Crippen LogP) is 6.33. The number of hydrogen-bond donors (Lipinski definition) is 0. The molecule has 0 bridgehead atoms. The van der Waals surface area contributed by atoms with Crippen molar-refractivity contribution in [2.45, 2.75) is 6.42 Å². The van der Waals surface area contributed by atoms with E-state index in [9.17, 15) is 4.79 Å². The number of thioether (sulfide) groups is 1. The summed E-state index contributed by atoms with van der Waals surface area (Å²) < 4.78 is 12.0. The minimum Gasteiger partial charge on any atom is -0.493 e. The molecule has 0 aliphatic carbocycles. The SMILES string of the molecule is CN1C(=O)/C(=C/c2cc(Cl)cc(Cl)c2OCCCOc2ccc(Cl)cc2)SC1=S. The Balaban J connectivity index is 1.65. The van der Waals surface area contributed by atoms with Gasteiger partial charge in [-0.3, -0.25) is 9.69 Å².